The zero-order valence-electron chi connectivity index (χ0n) is 10.2. The Bertz CT molecular complexity index is 463. The van der Waals surface area contributed by atoms with Crippen LogP contribution in [0.4, 0.5) is 18.9 Å². The molecule has 0 atom stereocenters. The van der Waals surface area contributed by atoms with Crippen LogP contribution in [0.25, 0.3) is 0 Å². The molecular formula is C12H13BrF3NO2. The molecule has 1 aromatic carbocycles. The predicted molar refractivity (Wildman–Crippen MR) is 69.5 cm³/mol. The van der Waals surface area contributed by atoms with E-state index in [9.17, 15) is 18.0 Å². The number of carbonyl (C=O) groups excluding carboxylic acids is 1. The number of rotatable bonds is 5. The van der Waals surface area contributed by atoms with E-state index >= 15 is 0 Å². The minimum Gasteiger partial charge on any atom is -0.395 e. The summed E-state index contributed by atoms with van der Waals surface area (Å²) in [5.74, 6) is -0.178. The number of hydrogen-bond donors (Lipinski definition) is 1. The molecule has 0 aliphatic rings. The summed E-state index contributed by atoms with van der Waals surface area (Å²) in [6, 6.07) is 4.34. The maximum absolute atomic E-state index is 12.4. The highest BCUT2D eigenvalue weighted by molar-refractivity contribution is 9.10. The summed E-state index contributed by atoms with van der Waals surface area (Å²) in [4.78, 5) is 12.2. The first kappa shape index (κ1) is 16.0. The first-order chi connectivity index (χ1) is 8.74. The average molecular weight is 340 g/mol. The van der Waals surface area contributed by atoms with E-state index < -0.39 is 12.7 Å². The topological polar surface area (TPSA) is 40.5 Å². The number of alkyl halides is 3. The molecule has 0 spiro atoms. The van der Waals surface area contributed by atoms with E-state index in [4.69, 9.17) is 5.11 Å². The maximum Gasteiger partial charge on any atom is 0.405 e. The summed E-state index contributed by atoms with van der Waals surface area (Å²) in [6.45, 7) is -0.298. The van der Waals surface area contributed by atoms with Crippen LogP contribution in [0.2, 0.25) is 0 Å². The van der Waals surface area contributed by atoms with E-state index in [1.807, 2.05) is 0 Å². The zero-order chi connectivity index (χ0) is 14.6. The molecule has 19 heavy (non-hydrogen) atoms. The fourth-order valence-electron chi connectivity index (χ4n) is 1.62. The van der Waals surface area contributed by atoms with Crippen molar-refractivity contribution in [1.29, 1.82) is 0 Å². The van der Waals surface area contributed by atoms with Crippen molar-refractivity contribution in [3.05, 3.63) is 28.2 Å². The van der Waals surface area contributed by atoms with Crippen molar-refractivity contribution in [1.82, 2.24) is 0 Å². The molecule has 0 amide bonds. The fourth-order valence-corrected chi connectivity index (χ4v) is 2.27. The largest absolute Gasteiger partial charge is 0.405 e. The van der Waals surface area contributed by atoms with Crippen molar-refractivity contribution in [2.75, 3.05) is 24.6 Å². The third kappa shape index (κ3) is 4.83. The molecule has 3 nitrogen and oxygen atoms in total. The third-order valence-electron chi connectivity index (χ3n) is 2.44. The molecular weight excluding hydrogens is 327 g/mol. The number of halogens is 4. The second-order valence-electron chi connectivity index (χ2n) is 3.98. The minimum absolute atomic E-state index is 0.134. The van der Waals surface area contributed by atoms with Crippen LogP contribution >= 0.6 is 15.9 Å². The van der Waals surface area contributed by atoms with Gasteiger partial charge in [0.05, 0.1) is 6.61 Å². The van der Waals surface area contributed by atoms with Crippen molar-refractivity contribution in [2.24, 2.45) is 0 Å². The highest BCUT2D eigenvalue weighted by atomic mass is 79.9. The van der Waals surface area contributed by atoms with Gasteiger partial charge in [-0.3, -0.25) is 4.79 Å². The molecule has 0 heterocycles. The number of ketones is 1. The molecule has 0 aliphatic carbocycles. The lowest BCUT2D eigenvalue weighted by atomic mass is 10.1. The van der Waals surface area contributed by atoms with E-state index in [0.29, 0.717) is 15.7 Å². The van der Waals surface area contributed by atoms with Gasteiger partial charge < -0.3 is 10.0 Å². The van der Waals surface area contributed by atoms with Crippen molar-refractivity contribution in [3.8, 4) is 0 Å². The highest BCUT2D eigenvalue weighted by Gasteiger charge is 2.30. The smallest absolute Gasteiger partial charge is 0.395 e. The summed E-state index contributed by atoms with van der Waals surface area (Å²) >= 11 is 3.16. The van der Waals surface area contributed by atoms with Crippen molar-refractivity contribution in [2.45, 2.75) is 13.1 Å². The number of Topliss-reactive ketones (excluding diaryl/α,β-unsaturated/α-hetero) is 1. The van der Waals surface area contributed by atoms with E-state index in [-0.39, 0.29) is 18.9 Å². The quantitative estimate of drug-likeness (QED) is 0.838. The molecule has 0 radical (unpaired) electrons. The van der Waals surface area contributed by atoms with Gasteiger partial charge in [-0.25, -0.2) is 0 Å². The molecule has 0 saturated heterocycles. The maximum atomic E-state index is 12.4. The normalized spacial score (nSPS) is 11.5. The summed E-state index contributed by atoms with van der Waals surface area (Å²) < 4.78 is 37.7. The Morgan fingerprint density at radius 1 is 1.42 bits per heavy atom. The van der Waals surface area contributed by atoms with Gasteiger partial charge in [-0.05, 0) is 41.1 Å². The van der Waals surface area contributed by atoms with Crippen LogP contribution in [0.15, 0.2) is 22.7 Å². The van der Waals surface area contributed by atoms with Crippen LogP contribution in [-0.2, 0) is 0 Å². The molecule has 0 aromatic heterocycles. The Morgan fingerprint density at radius 3 is 2.47 bits per heavy atom. The van der Waals surface area contributed by atoms with E-state index in [2.05, 4.69) is 15.9 Å². The SMILES string of the molecule is CC(=O)c1ccc(N(CCO)CC(F)(F)F)cc1Br. The van der Waals surface area contributed by atoms with Crippen molar-refractivity contribution in [3.63, 3.8) is 0 Å². The summed E-state index contributed by atoms with van der Waals surface area (Å²) in [7, 11) is 0. The number of anilines is 1. The van der Waals surface area contributed by atoms with E-state index in [1.54, 1.807) is 0 Å². The van der Waals surface area contributed by atoms with Gasteiger partial charge in [0.1, 0.15) is 6.54 Å². The number of aliphatic hydroxyl groups is 1. The molecule has 7 heteroatoms. The molecule has 0 fully saturated rings. The first-order valence-electron chi connectivity index (χ1n) is 5.47. The highest BCUT2D eigenvalue weighted by Crippen LogP contribution is 2.27. The van der Waals surface area contributed by atoms with Gasteiger partial charge >= 0.3 is 6.18 Å². The van der Waals surface area contributed by atoms with E-state index in [0.717, 1.165) is 4.90 Å². The van der Waals surface area contributed by atoms with Gasteiger partial charge in [0.15, 0.2) is 5.78 Å². The standard InChI is InChI=1S/C12H13BrF3NO2/c1-8(19)10-3-2-9(6-11(10)13)17(4-5-18)7-12(14,15)16/h2-3,6,18H,4-5,7H2,1H3. The molecule has 0 aliphatic heterocycles. The van der Waals surface area contributed by atoms with Gasteiger partial charge in [0.2, 0.25) is 0 Å². The molecule has 0 unspecified atom stereocenters. The Balaban J connectivity index is 3.03. The molecule has 1 N–H and O–H groups in total. The summed E-state index contributed by atoms with van der Waals surface area (Å²) in [5, 5.41) is 8.83. The molecule has 1 aromatic rings. The number of benzene rings is 1. The number of hydrogen-bond acceptors (Lipinski definition) is 3. The van der Waals surface area contributed by atoms with Crippen LogP contribution in [-0.4, -0.2) is 36.8 Å². The molecule has 1 rings (SSSR count). The van der Waals surface area contributed by atoms with Crippen molar-refractivity contribution < 1.29 is 23.1 Å². The average Bonchev–Trinajstić information content (AvgIpc) is 2.26. The number of carbonyl (C=O) groups is 1. The Labute approximate surface area is 117 Å². The van der Waals surface area contributed by atoms with Gasteiger partial charge in [0.25, 0.3) is 0 Å². The molecule has 106 valence electrons. The summed E-state index contributed by atoms with van der Waals surface area (Å²) in [5.41, 5.74) is 0.697. The second kappa shape index (κ2) is 6.38. The minimum atomic E-state index is -4.36. The monoisotopic (exact) mass is 339 g/mol. The Kier molecular flexibility index (Phi) is 5.37. The van der Waals surface area contributed by atoms with Crippen LogP contribution in [0, 0.1) is 0 Å². The van der Waals surface area contributed by atoms with E-state index in [1.165, 1.54) is 25.1 Å². The first-order valence-corrected chi connectivity index (χ1v) is 6.27. The van der Waals surface area contributed by atoms with Crippen LogP contribution in [0.3, 0.4) is 0 Å². The van der Waals surface area contributed by atoms with Gasteiger partial charge in [-0.15, -0.1) is 0 Å². The van der Waals surface area contributed by atoms with Crippen LogP contribution < -0.4 is 4.90 Å². The number of nitrogens with zero attached hydrogens (tertiary/aromatic N) is 1. The van der Waals surface area contributed by atoms with Gasteiger partial charge in [-0.1, -0.05) is 0 Å². The second-order valence-corrected chi connectivity index (χ2v) is 4.84. The van der Waals surface area contributed by atoms with Crippen molar-refractivity contribution >= 4 is 27.4 Å². The molecule has 0 saturated carbocycles. The van der Waals surface area contributed by atoms with Crippen LogP contribution in [0.1, 0.15) is 17.3 Å². The Hall–Kier alpha value is -1.08. The lowest BCUT2D eigenvalue weighted by Crippen LogP contribution is -2.36. The lowest BCUT2D eigenvalue weighted by Gasteiger charge is -2.25. The zero-order valence-corrected chi connectivity index (χ0v) is 11.8. The summed E-state index contributed by atoms with van der Waals surface area (Å²) in [6.07, 6.45) is -4.36. The third-order valence-corrected chi connectivity index (χ3v) is 3.09. The lowest BCUT2D eigenvalue weighted by molar-refractivity contribution is -0.119. The Morgan fingerprint density at radius 2 is 2.05 bits per heavy atom. The fraction of sp³-hybridized carbons (Fsp3) is 0.417. The predicted octanol–water partition coefficient (Wildman–Crippen LogP) is 3.01. The van der Waals surface area contributed by atoms with Gasteiger partial charge in [-0.2, -0.15) is 13.2 Å². The van der Waals surface area contributed by atoms with Gasteiger partial charge in [0, 0.05) is 22.3 Å². The number of aliphatic hydroxyl groups excluding tert-OH is 1. The van der Waals surface area contributed by atoms with Crippen LogP contribution in [0.5, 0.6) is 0 Å². The molecule has 0 bridgehead atoms.